The number of rotatable bonds is 2. The van der Waals surface area contributed by atoms with E-state index in [1.54, 1.807) is 0 Å². The molecule has 1 aromatic rings. The molecule has 1 unspecified atom stereocenters. The lowest BCUT2D eigenvalue weighted by atomic mass is 10.0. The van der Waals surface area contributed by atoms with Gasteiger partial charge >= 0.3 is 0 Å². The number of nitrogens with one attached hydrogen (secondary N) is 1. The van der Waals surface area contributed by atoms with E-state index in [9.17, 15) is 0 Å². The monoisotopic (exact) mass is 247 g/mol. The van der Waals surface area contributed by atoms with Crippen LogP contribution in [0.2, 0.25) is 0 Å². The van der Waals surface area contributed by atoms with Gasteiger partial charge in [-0.25, -0.2) is 0 Å². The fourth-order valence-corrected chi connectivity index (χ4v) is 2.64. The Kier molecular flexibility index (Phi) is 4.59. The van der Waals surface area contributed by atoms with Gasteiger partial charge in [-0.1, -0.05) is 31.4 Å². The summed E-state index contributed by atoms with van der Waals surface area (Å²) in [5.41, 5.74) is 3.65. The van der Waals surface area contributed by atoms with Crippen LogP contribution in [0.1, 0.15) is 49.1 Å². The quantitative estimate of drug-likeness (QED) is 0.870. The Bertz CT molecular complexity index is 410. The Morgan fingerprint density at radius 3 is 2.72 bits per heavy atom. The molecule has 1 atom stereocenters. The Morgan fingerprint density at radius 1 is 1.22 bits per heavy atom. The van der Waals surface area contributed by atoms with Gasteiger partial charge in [-0.3, -0.25) is 4.68 Å². The Hall–Kier alpha value is -1.09. The van der Waals surface area contributed by atoms with E-state index in [0.717, 1.165) is 12.2 Å². The number of hydrogen-bond acceptors (Lipinski definition) is 2. The first-order valence-electron chi connectivity index (χ1n) is 7.10. The molecule has 0 aliphatic carbocycles. The van der Waals surface area contributed by atoms with E-state index in [1.165, 1.54) is 43.4 Å². The summed E-state index contributed by atoms with van der Waals surface area (Å²) in [4.78, 5) is 0. The van der Waals surface area contributed by atoms with Gasteiger partial charge in [0.05, 0.1) is 5.69 Å². The van der Waals surface area contributed by atoms with E-state index >= 15 is 0 Å². The minimum Gasteiger partial charge on any atom is -0.311 e. The predicted molar refractivity (Wildman–Crippen MR) is 76.6 cm³/mol. The average Bonchev–Trinajstić information content (AvgIpc) is 2.53. The van der Waals surface area contributed by atoms with Crippen molar-refractivity contribution in [2.24, 2.45) is 7.05 Å². The molecule has 0 spiro atoms. The van der Waals surface area contributed by atoms with Crippen LogP contribution in [0, 0.1) is 13.8 Å². The van der Waals surface area contributed by atoms with Crippen molar-refractivity contribution >= 4 is 6.08 Å². The molecule has 0 amide bonds. The van der Waals surface area contributed by atoms with Crippen LogP contribution in [0.15, 0.2) is 6.08 Å². The largest absolute Gasteiger partial charge is 0.311 e. The average molecular weight is 247 g/mol. The lowest BCUT2D eigenvalue weighted by Crippen LogP contribution is -2.29. The van der Waals surface area contributed by atoms with Crippen molar-refractivity contribution in [1.29, 1.82) is 0 Å². The molecule has 3 nitrogen and oxygen atoms in total. The van der Waals surface area contributed by atoms with Crippen LogP contribution >= 0.6 is 0 Å². The van der Waals surface area contributed by atoms with E-state index in [1.807, 2.05) is 11.7 Å². The molecule has 1 aliphatic rings. The molecular formula is C15H25N3. The van der Waals surface area contributed by atoms with Gasteiger partial charge in [0.1, 0.15) is 0 Å². The summed E-state index contributed by atoms with van der Waals surface area (Å²) in [6, 6.07) is 0.532. The highest BCUT2D eigenvalue weighted by molar-refractivity contribution is 5.55. The molecule has 2 rings (SSSR count). The van der Waals surface area contributed by atoms with Crippen LogP contribution in [0.4, 0.5) is 0 Å². The molecular weight excluding hydrogens is 222 g/mol. The summed E-state index contributed by atoms with van der Waals surface area (Å²) in [5, 5.41) is 8.08. The zero-order valence-electron chi connectivity index (χ0n) is 11.9. The molecule has 1 fully saturated rings. The van der Waals surface area contributed by atoms with Crippen LogP contribution in [0.5, 0.6) is 0 Å². The minimum atomic E-state index is 0.532. The predicted octanol–water partition coefficient (Wildman–Crippen LogP) is 2.97. The van der Waals surface area contributed by atoms with Crippen molar-refractivity contribution in [3.8, 4) is 0 Å². The van der Waals surface area contributed by atoms with Gasteiger partial charge < -0.3 is 5.32 Å². The molecule has 1 aromatic heterocycles. The topological polar surface area (TPSA) is 29.9 Å². The van der Waals surface area contributed by atoms with E-state index < -0.39 is 0 Å². The van der Waals surface area contributed by atoms with E-state index in [2.05, 4.69) is 36.4 Å². The molecule has 0 saturated carbocycles. The minimum absolute atomic E-state index is 0.532. The van der Waals surface area contributed by atoms with Crippen molar-refractivity contribution in [3.05, 3.63) is 23.0 Å². The lowest BCUT2D eigenvalue weighted by Gasteiger charge is -2.18. The van der Waals surface area contributed by atoms with Crippen LogP contribution in [0.25, 0.3) is 6.08 Å². The van der Waals surface area contributed by atoms with Crippen LogP contribution in [-0.2, 0) is 7.05 Å². The summed E-state index contributed by atoms with van der Waals surface area (Å²) < 4.78 is 1.96. The molecule has 100 valence electrons. The molecule has 18 heavy (non-hydrogen) atoms. The molecule has 1 saturated heterocycles. The normalized spacial score (nSPS) is 22.1. The second-order valence-corrected chi connectivity index (χ2v) is 5.33. The second kappa shape index (κ2) is 6.19. The molecule has 0 radical (unpaired) electrons. The zero-order chi connectivity index (χ0) is 13.0. The van der Waals surface area contributed by atoms with Crippen molar-refractivity contribution in [1.82, 2.24) is 15.1 Å². The van der Waals surface area contributed by atoms with E-state index in [0.29, 0.717) is 6.04 Å². The SMILES string of the molecule is Cc1nn(C)c(C)c1/C=C/C1CCCCCCN1. The standard InChI is InChI=1S/C15H25N3/c1-12-15(13(2)18(3)17-12)10-9-14-8-6-4-5-7-11-16-14/h9-10,14,16H,4-8,11H2,1-3H3/b10-9+. The van der Waals surface area contributed by atoms with E-state index in [4.69, 9.17) is 0 Å². The first kappa shape index (κ1) is 13.3. The molecule has 1 N–H and O–H groups in total. The lowest BCUT2D eigenvalue weighted by molar-refractivity contribution is 0.465. The maximum atomic E-state index is 4.45. The number of aryl methyl sites for hydroxylation is 2. The van der Waals surface area contributed by atoms with Gasteiger partial charge in [0.2, 0.25) is 0 Å². The third-order valence-corrected chi connectivity index (χ3v) is 3.91. The van der Waals surface area contributed by atoms with Crippen molar-refractivity contribution in [3.63, 3.8) is 0 Å². The van der Waals surface area contributed by atoms with Gasteiger partial charge in [-0.15, -0.1) is 0 Å². The highest BCUT2D eigenvalue weighted by Gasteiger charge is 2.09. The Labute approximate surface area is 110 Å². The van der Waals surface area contributed by atoms with Gasteiger partial charge in [0.25, 0.3) is 0 Å². The molecule has 3 heteroatoms. The molecule has 1 aliphatic heterocycles. The fraction of sp³-hybridized carbons (Fsp3) is 0.667. The highest BCUT2D eigenvalue weighted by Crippen LogP contribution is 2.16. The third-order valence-electron chi connectivity index (χ3n) is 3.91. The van der Waals surface area contributed by atoms with Gasteiger partial charge in [-0.2, -0.15) is 5.10 Å². The zero-order valence-corrected chi connectivity index (χ0v) is 11.9. The number of hydrogen-bond donors (Lipinski definition) is 1. The smallest absolute Gasteiger partial charge is 0.0668 e. The molecule has 2 heterocycles. The van der Waals surface area contributed by atoms with Gasteiger partial charge in [-0.05, 0) is 33.2 Å². The van der Waals surface area contributed by atoms with Gasteiger partial charge in [0, 0.05) is 24.3 Å². The number of aromatic nitrogens is 2. The summed E-state index contributed by atoms with van der Waals surface area (Å²) >= 11 is 0. The van der Waals surface area contributed by atoms with Gasteiger partial charge in [0.15, 0.2) is 0 Å². The van der Waals surface area contributed by atoms with E-state index in [-0.39, 0.29) is 0 Å². The molecule has 0 bridgehead atoms. The first-order chi connectivity index (χ1) is 8.68. The molecule has 0 aromatic carbocycles. The number of nitrogens with zero attached hydrogens (tertiary/aromatic N) is 2. The fourth-order valence-electron chi connectivity index (χ4n) is 2.64. The van der Waals surface area contributed by atoms with Crippen LogP contribution < -0.4 is 5.32 Å². The summed E-state index contributed by atoms with van der Waals surface area (Å²) in [7, 11) is 2.01. The third kappa shape index (κ3) is 3.22. The Balaban J connectivity index is 2.04. The maximum Gasteiger partial charge on any atom is 0.0668 e. The summed E-state index contributed by atoms with van der Waals surface area (Å²) in [6.45, 7) is 5.36. The second-order valence-electron chi connectivity index (χ2n) is 5.33. The van der Waals surface area contributed by atoms with Crippen LogP contribution in [-0.4, -0.2) is 22.4 Å². The Morgan fingerprint density at radius 2 is 2.00 bits per heavy atom. The summed E-state index contributed by atoms with van der Waals surface area (Å²) in [6.07, 6.45) is 11.2. The highest BCUT2D eigenvalue weighted by atomic mass is 15.3. The van der Waals surface area contributed by atoms with Crippen molar-refractivity contribution < 1.29 is 0 Å². The summed E-state index contributed by atoms with van der Waals surface area (Å²) in [5.74, 6) is 0. The van der Waals surface area contributed by atoms with Crippen LogP contribution in [0.3, 0.4) is 0 Å². The first-order valence-corrected chi connectivity index (χ1v) is 7.10. The van der Waals surface area contributed by atoms with Crippen molar-refractivity contribution in [2.75, 3.05) is 6.54 Å². The van der Waals surface area contributed by atoms with Crippen molar-refractivity contribution in [2.45, 2.75) is 52.0 Å². The maximum absolute atomic E-state index is 4.45.